The monoisotopic (exact) mass is 1200 g/mol. The summed E-state index contributed by atoms with van der Waals surface area (Å²) in [5, 5.41) is 23.1. The van der Waals surface area contributed by atoms with Gasteiger partial charge in [-0.1, -0.05) is 109 Å². The van der Waals surface area contributed by atoms with Crippen LogP contribution in [0.25, 0.3) is 0 Å². The number of amides is 11. The van der Waals surface area contributed by atoms with E-state index in [0.29, 0.717) is 6.42 Å². The SMILES string of the molecule is C/C=C/C[C@@H](C)[C@@H](O)[C@H]1C(=O)NC(CC)C(=O)N(C)CC(=O)N(C)[C@@H](CC(C)C)C(=O)NC(C(C)C)C(=O)N(C)[C@@H](CC(C)C)C(=O)N[C@@H](C)C(=O)N[C@H](C)C(=O)N(C)[C@@H](CC(C)C)C(=O)N(C)[C@@H](CC(C)C)C(=O)N(C)[C@@H](C(C)C)C(=O)N1C. The lowest BCUT2D eigenvalue weighted by atomic mass is 9.91. The number of rotatable bonds is 15. The van der Waals surface area contributed by atoms with Crippen molar-refractivity contribution in [1.29, 1.82) is 0 Å². The Morgan fingerprint density at radius 1 is 0.459 bits per heavy atom. The molecule has 0 bridgehead atoms. The molecule has 0 aromatic rings. The second-order valence-corrected chi connectivity index (χ2v) is 26.1. The van der Waals surface area contributed by atoms with E-state index in [1.165, 1.54) is 87.7 Å². The summed E-state index contributed by atoms with van der Waals surface area (Å²) in [6, 6.07) is -12.3. The van der Waals surface area contributed by atoms with Crippen LogP contribution in [0, 0.1) is 41.4 Å². The Balaban J connectivity index is 4.32. The normalized spacial score (nSPS) is 26.9. The van der Waals surface area contributed by atoms with Crippen LogP contribution in [-0.2, 0) is 52.7 Å². The molecule has 0 saturated carbocycles. The molecule has 12 atom stereocenters. The smallest absolute Gasteiger partial charge is 0.246 e. The van der Waals surface area contributed by atoms with Gasteiger partial charge < -0.3 is 60.7 Å². The maximum absolute atomic E-state index is 15.1. The van der Waals surface area contributed by atoms with E-state index in [9.17, 15) is 48.3 Å². The Labute approximate surface area is 508 Å². The summed E-state index contributed by atoms with van der Waals surface area (Å²) < 4.78 is 0. The van der Waals surface area contributed by atoms with Crippen molar-refractivity contribution in [3.8, 4) is 0 Å². The minimum atomic E-state index is -1.61. The molecule has 1 aliphatic rings. The molecule has 0 radical (unpaired) electrons. The highest BCUT2D eigenvalue weighted by atomic mass is 16.3. The molecule has 1 heterocycles. The third-order valence-corrected chi connectivity index (χ3v) is 16.1. The lowest BCUT2D eigenvalue weighted by Crippen LogP contribution is -2.63. The molecule has 11 amide bonds. The molecular formula is C62H111N11O12. The quantitative estimate of drug-likeness (QED) is 0.148. The zero-order valence-electron chi connectivity index (χ0n) is 56.1. The van der Waals surface area contributed by atoms with E-state index in [0.717, 1.165) is 9.80 Å². The maximum atomic E-state index is 15.1. The number of nitrogens with one attached hydrogen (secondary N) is 4. The Morgan fingerprint density at radius 2 is 0.871 bits per heavy atom. The molecule has 0 spiro atoms. The second-order valence-electron chi connectivity index (χ2n) is 26.1. The molecule has 0 aliphatic carbocycles. The van der Waals surface area contributed by atoms with Crippen molar-refractivity contribution in [3.05, 3.63) is 12.2 Å². The molecule has 2 unspecified atom stereocenters. The van der Waals surface area contributed by atoms with E-state index >= 15 is 9.59 Å². The van der Waals surface area contributed by atoms with Gasteiger partial charge in [-0.3, -0.25) is 52.7 Å². The van der Waals surface area contributed by atoms with Crippen LogP contribution < -0.4 is 21.3 Å². The van der Waals surface area contributed by atoms with Gasteiger partial charge in [0.2, 0.25) is 65.0 Å². The molecular weight excluding hydrogens is 1090 g/mol. The molecule has 0 aromatic carbocycles. The molecule has 23 nitrogen and oxygen atoms in total. The molecule has 1 rings (SSSR count). The molecule has 1 saturated heterocycles. The average Bonchev–Trinajstić information content (AvgIpc) is 3.62. The highest BCUT2D eigenvalue weighted by Crippen LogP contribution is 2.26. The van der Waals surface area contributed by atoms with E-state index < -0.39 is 156 Å². The fourth-order valence-corrected chi connectivity index (χ4v) is 10.7. The first-order valence-corrected chi connectivity index (χ1v) is 30.6. The van der Waals surface area contributed by atoms with Gasteiger partial charge in [0, 0.05) is 49.3 Å². The van der Waals surface area contributed by atoms with Crippen LogP contribution in [-0.4, -0.2) is 227 Å². The zero-order valence-corrected chi connectivity index (χ0v) is 56.1. The van der Waals surface area contributed by atoms with Crippen LogP contribution in [0.1, 0.15) is 156 Å². The summed E-state index contributed by atoms with van der Waals surface area (Å²) in [5.41, 5.74) is 0. The van der Waals surface area contributed by atoms with Crippen LogP contribution in [0.15, 0.2) is 12.2 Å². The fraction of sp³-hybridized carbons (Fsp3) is 0.790. The van der Waals surface area contributed by atoms with Gasteiger partial charge in [-0.2, -0.15) is 0 Å². The van der Waals surface area contributed by atoms with E-state index in [4.69, 9.17) is 0 Å². The Morgan fingerprint density at radius 3 is 1.32 bits per heavy atom. The van der Waals surface area contributed by atoms with Crippen LogP contribution in [0.2, 0.25) is 0 Å². The summed E-state index contributed by atoms with van der Waals surface area (Å²) in [6.07, 6.45) is 3.04. The Bertz CT molecular complexity index is 2330. The van der Waals surface area contributed by atoms with Gasteiger partial charge in [-0.15, -0.1) is 0 Å². The molecule has 5 N–H and O–H groups in total. The lowest BCUT2D eigenvalue weighted by Gasteiger charge is -2.41. The number of carbonyl (C=O) groups is 11. The van der Waals surface area contributed by atoms with Crippen LogP contribution in [0.4, 0.5) is 0 Å². The predicted octanol–water partition coefficient (Wildman–Crippen LogP) is 3.27. The Kier molecular flexibility index (Phi) is 31.5. The summed E-state index contributed by atoms with van der Waals surface area (Å²) in [5.74, 6) is -9.71. The van der Waals surface area contributed by atoms with Crippen molar-refractivity contribution in [1.82, 2.24) is 55.6 Å². The lowest BCUT2D eigenvalue weighted by molar-refractivity contribution is -0.157. The van der Waals surface area contributed by atoms with Crippen molar-refractivity contribution in [3.63, 3.8) is 0 Å². The Hall–Kier alpha value is -6.13. The van der Waals surface area contributed by atoms with Crippen LogP contribution in [0.3, 0.4) is 0 Å². The van der Waals surface area contributed by atoms with Gasteiger partial charge >= 0.3 is 0 Å². The van der Waals surface area contributed by atoms with Crippen molar-refractivity contribution in [2.24, 2.45) is 41.4 Å². The van der Waals surface area contributed by atoms with E-state index in [1.807, 2.05) is 61.5 Å². The van der Waals surface area contributed by atoms with E-state index in [-0.39, 0.29) is 55.8 Å². The van der Waals surface area contributed by atoms with Crippen molar-refractivity contribution >= 4 is 65.0 Å². The van der Waals surface area contributed by atoms with Gasteiger partial charge in [-0.05, 0) is 101 Å². The molecule has 1 fully saturated rings. The second kappa shape index (κ2) is 34.9. The summed E-state index contributed by atoms with van der Waals surface area (Å²) >= 11 is 0. The zero-order chi connectivity index (χ0) is 66.0. The number of likely N-dealkylation sites (N-methyl/N-ethyl adjacent to an activating group) is 7. The third kappa shape index (κ3) is 21.7. The fourth-order valence-electron chi connectivity index (χ4n) is 10.7. The van der Waals surface area contributed by atoms with Gasteiger partial charge in [0.05, 0.1) is 12.6 Å². The average molecular weight is 1200 g/mol. The van der Waals surface area contributed by atoms with Crippen molar-refractivity contribution in [2.45, 2.75) is 223 Å². The van der Waals surface area contributed by atoms with Gasteiger partial charge in [0.1, 0.15) is 60.4 Å². The van der Waals surface area contributed by atoms with Crippen molar-refractivity contribution in [2.75, 3.05) is 55.9 Å². The summed E-state index contributed by atoms with van der Waals surface area (Å²) in [7, 11) is 9.92. The first-order chi connectivity index (χ1) is 39.2. The first-order valence-electron chi connectivity index (χ1n) is 30.6. The van der Waals surface area contributed by atoms with E-state index in [2.05, 4.69) is 21.3 Å². The largest absolute Gasteiger partial charge is 0.390 e. The number of hydrogen-bond donors (Lipinski definition) is 5. The third-order valence-electron chi connectivity index (χ3n) is 16.1. The molecule has 1 aliphatic heterocycles. The molecule has 486 valence electrons. The number of hydrogen-bond acceptors (Lipinski definition) is 12. The number of aliphatic hydroxyl groups excluding tert-OH is 1. The molecule has 85 heavy (non-hydrogen) atoms. The van der Waals surface area contributed by atoms with Crippen molar-refractivity contribution < 1.29 is 57.8 Å². The highest BCUT2D eigenvalue weighted by molar-refractivity contribution is 5.99. The van der Waals surface area contributed by atoms with Gasteiger partial charge in [0.15, 0.2) is 0 Å². The minimum absolute atomic E-state index is 0.0229. The topological polar surface area (TPSA) is 279 Å². The molecule has 0 aromatic heterocycles. The molecule has 23 heteroatoms. The maximum Gasteiger partial charge on any atom is 0.246 e. The predicted molar refractivity (Wildman–Crippen MR) is 328 cm³/mol. The van der Waals surface area contributed by atoms with Gasteiger partial charge in [-0.25, -0.2) is 0 Å². The first kappa shape index (κ1) is 76.9. The number of carbonyl (C=O) groups excluding carboxylic acids is 11. The number of nitrogens with zero attached hydrogens (tertiary/aromatic N) is 7. The minimum Gasteiger partial charge on any atom is -0.390 e. The van der Waals surface area contributed by atoms with E-state index in [1.54, 1.807) is 54.5 Å². The van der Waals surface area contributed by atoms with Crippen LogP contribution >= 0.6 is 0 Å². The van der Waals surface area contributed by atoms with Gasteiger partial charge in [0.25, 0.3) is 0 Å². The summed E-state index contributed by atoms with van der Waals surface area (Å²) in [6.45, 7) is 29.3. The standard InChI is InChI=1S/C62H111N11O12/c1-25-27-28-40(15)52(75)51-56(79)65-43(26-2)58(81)67(18)33-48(74)68(19)44(29-34(3)4)55(78)66-49(38(11)12)61(84)69(20)45(30-35(5)6)54(77)63-41(16)53(76)64-42(17)57(80)70(21)46(31-36(7)8)59(82)71(22)47(32-37(9)10)60(83)72(23)50(39(13)14)62(85)73(51)24/h25,27,34-47,49-52,75H,26,28-33H2,1-24H3,(H,63,77)(H,64,76)(H,65,79)(H,66,78)/b27-25+/t40-,41+,42-,43?,44+,45+,46+,47+,49?,50+,51+,52-/m1/s1. The summed E-state index contributed by atoms with van der Waals surface area (Å²) in [4.78, 5) is 169. The number of allylic oxidation sites excluding steroid dienone is 2. The van der Waals surface area contributed by atoms with Crippen LogP contribution in [0.5, 0.6) is 0 Å². The number of aliphatic hydroxyl groups is 1. The highest BCUT2D eigenvalue weighted by Gasteiger charge is 2.45.